The van der Waals surface area contributed by atoms with Crippen molar-refractivity contribution < 1.29 is 51.3 Å². The van der Waals surface area contributed by atoms with Gasteiger partial charge in [-0.1, -0.05) is 13.8 Å². The molecule has 2 N–H and O–H groups in total. The third-order valence-corrected chi connectivity index (χ3v) is 4.38. The molecular weight excluding hydrogens is 371 g/mol. The van der Waals surface area contributed by atoms with Crippen LogP contribution in [-0.2, 0) is 19.1 Å². The van der Waals surface area contributed by atoms with Crippen molar-refractivity contribution in [3.8, 4) is 0 Å². The highest BCUT2D eigenvalue weighted by atomic mass is 19.3. The lowest BCUT2D eigenvalue weighted by molar-refractivity contribution is -0.160. The highest BCUT2D eigenvalue weighted by molar-refractivity contribution is 6.15. The van der Waals surface area contributed by atoms with E-state index in [1.807, 2.05) is 0 Å². The van der Waals surface area contributed by atoms with Crippen LogP contribution in [0.5, 0.6) is 0 Å². The second-order valence-electron chi connectivity index (χ2n) is 5.49. The molecule has 0 aromatic carbocycles. The first-order valence-corrected chi connectivity index (χ1v) is 7.36. The zero-order valence-electron chi connectivity index (χ0n) is 13.6. The van der Waals surface area contributed by atoms with Gasteiger partial charge in [0, 0.05) is 5.41 Å². The van der Waals surface area contributed by atoms with Crippen LogP contribution in [0, 0.1) is 17.3 Å². The summed E-state index contributed by atoms with van der Waals surface area (Å²) in [6.45, 7) is -1.32. The molecule has 1 rings (SSSR count). The molecule has 0 bridgehead atoms. The molecule has 0 saturated carbocycles. The maximum Gasteiger partial charge on any atom is 0.387 e. The van der Waals surface area contributed by atoms with Gasteiger partial charge in [-0.15, -0.1) is 0 Å². The number of carboxylic acids is 2. The molecule has 0 saturated heterocycles. The maximum atomic E-state index is 14.7. The molecule has 0 aromatic rings. The smallest absolute Gasteiger partial charge is 0.387 e. The van der Waals surface area contributed by atoms with E-state index in [0.717, 1.165) is 0 Å². The molecule has 0 aromatic heterocycles. The third-order valence-electron chi connectivity index (χ3n) is 4.38. The van der Waals surface area contributed by atoms with Gasteiger partial charge in [-0.2, -0.15) is 13.2 Å². The number of alkyl halides is 2. The Morgan fingerprint density at radius 2 is 1.54 bits per heavy atom. The molecule has 26 heavy (non-hydrogen) atoms. The van der Waals surface area contributed by atoms with E-state index in [0.29, 0.717) is 0 Å². The topological polar surface area (TPSA) is 101 Å². The van der Waals surface area contributed by atoms with E-state index in [1.165, 1.54) is 13.8 Å². The van der Waals surface area contributed by atoms with Gasteiger partial charge < -0.3 is 14.9 Å². The van der Waals surface area contributed by atoms with Crippen molar-refractivity contribution >= 4 is 17.7 Å². The van der Waals surface area contributed by atoms with Gasteiger partial charge in [0.25, 0.3) is 0 Å². The highest BCUT2D eigenvalue weighted by Crippen LogP contribution is 2.54. The zero-order valence-corrected chi connectivity index (χ0v) is 13.6. The van der Waals surface area contributed by atoms with E-state index in [-0.39, 0.29) is 0 Å². The van der Waals surface area contributed by atoms with E-state index >= 15 is 0 Å². The van der Waals surface area contributed by atoms with Gasteiger partial charge in [-0.25, -0.2) is 8.78 Å². The maximum absolute atomic E-state index is 14.7. The number of carbonyl (C=O) groups excluding carboxylic acids is 1. The number of allylic oxidation sites excluding steroid dienone is 3. The lowest BCUT2D eigenvalue weighted by atomic mass is 9.64. The van der Waals surface area contributed by atoms with Gasteiger partial charge in [0.15, 0.2) is 23.2 Å². The van der Waals surface area contributed by atoms with Crippen LogP contribution in [0.25, 0.3) is 0 Å². The quantitative estimate of drug-likeness (QED) is 0.490. The predicted octanol–water partition coefficient (Wildman–Crippen LogP) is 3.35. The highest BCUT2D eigenvalue weighted by Gasteiger charge is 2.56. The summed E-state index contributed by atoms with van der Waals surface area (Å²) in [7, 11) is 0. The first-order chi connectivity index (χ1) is 12.0. The average Bonchev–Trinajstić information content (AvgIpc) is 2.53. The molecule has 0 fully saturated rings. The average molecular weight is 386 g/mol. The summed E-state index contributed by atoms with van der Waals surface area (Å²) in [5, 5.41) is 17.8. The summed E-state index contributed by atoms with van der Waals surface area (Å²) < 4.78 is 71.7. The van der Waals surface area contributed by atoms with Crippen molar-refractivity contribution in [3.05, 3.63) is 23.2 Å². The minimum absolute atomic E-state index is 0.444. The second-order valence-corrected chi connectivity index (χ2v) is 5.49. The summed E-state index contributed by atoms with van der Waals surface area (Å²) >= 11 is 0. The first-order valence-electron chi connectivity index (χ1n) is 7.36. The fourth-order valence-electron chi connectivity index (χ4n) is 3.00. The van der Waals surface area contributed by atoms with Crippen LogP contribution in [0.15, 0.2) is 23.2 Å². The molecule has 6 nitrogen and oxygen atoms in total. The summed E-state index contributed by atoms with van der Waals surface area (Å²) in [4.78, 5) is 34.5. The fourth-order valence-corrected chi connectivity index (χ4v) is 3.00. The van der Waals surface area contributed by atoms with Crippen molar-refractivity contribution in [1.29, 1.82) is 0 Å². The van der Waals surface area contributed by atoms with Crippen LogP contribution in [-0.4, -0.2) is 34.5 Å². The molecule has 146 valence electrons. The van der Waals surface area contributed by atoms with Crippen molar-refractivity contribution in [2.24, 2.45) is 17.3 Å². The van der Waals surface area contributed by atoms with Gasteiger partial charge in [-0.05, 0) is 12.8 Å². The third kappa shape index (κ3) is 3.42. The number of Topliss-reactive ketones (excluding diaryl/α,β-unsaturated/α-hetero) is 1. The Bertz CT molecular complexity index is 666. The van der Waals surface area contributed by atoms with E-state index < -0.39 is 77.7 Å². The largest absolute Gasteiger partial charge is 0.480 e. The van der Waals surface area contributed by atoms with Crippen molar-refractivity contribution in [3.63, 3.8) is 0 Å². The minimum Gasteiger partial charge on any atom is -0.480 e. The van der Waals surface area contributed by atoms with Gasteiger partial charge in [0.2, 0.25) is 5.92 Å². The number of carbonyl (C=O) groups is 3. The van der Waals surface area contributed by atoms with Crippen LogP contribution in [0.4, 0.5) is 22.0 Å². The number of halogens is 5. The standard InChI is InChI=1S/C15H15F5O6/c1-3-15(4-2)6(9(21)5(12(22)23)13(24)25)7(16)10(26-14(19)20)8(17)11(15)18/h5-6,14H,3-4H2,1-2H3,(H,22,23)(H,24,25). The molecule has 11 heteroatoms. The van der Waals surface area contributed by atoms with Crippen LogP contribution in [0.2, 0.25) is 0 Å². The van der Waals surface area contributed by atoms with Gasteiger partial charge >= 0.3 is 18.6 Å². The predicted molar refractivity (Wildman–Crippen MR) is 74.7 cm³/mol. The Labute approximate surface area is 143 Å². The minimum atomic E-state index is -3.77. The van der Waals surface area contributed by atoms with E-state index in [2.05, 4.69) is 4.74 Å². The normalized spacial score (nSPS) is 20.0. The van der Waals surface area contributed by atoms with Gasteiger partial charge in [0.1, 0.15) is 5.83 Å². The first kappa shape index (κ1) is 21.6. The van der Waals surface area contributed by atoms with Crippen LogP contribution in [0.1, 0.15) is 26.7 Å². The number of hydrogen-bond donors (Lipinski definition) is 2. The Kier molecular flexibility index (Phi) is 6.50. The molecule has 0 amide bonds. The zero-order chi connectivity index (χ0) is 20.4. The number of aliphatic carboxylic acids is 2. The molecule has 0 aliphatic heterocycles. The molecule has 0 heterocycles. The van der Waals surface area contributed by atoms with Crippen molar-refractivity contribution in [2.75, 3.05) is 0 Å². The fraction of sp³-hybridized carbons (Fsp3) is 0.533. The summed E-state index contributed by atoms with van der Waals surface area (Å²) in [5.41, 5.74) is -2.27. The second kappa shape index (κ2) is 7.83. The van der Waals surface area contributed by atoms with Gasteiger partial charge in [-0.3, -0.25) is 14.4 Å². The Morgan fingerprint density at radius 3 is 1.88 bits per heavy atom. The van der Waals surface area contributed by atoms with Crippen LogP contribution < -0.4 is 0 Å². The number of hydrogen-bond acceptors (Lipinski definition) is 4. The van der Waals surface area contributed by atoms with Gasteiger partial charge in [0.05, 0.1) is 5.92 Å². The Morgan fingerprint density at radius 1 is 1.08 bits per heavy atom. The molecular formula is C15H15F5O6. The molecule has 0 radical (unpaired) electrons. The summed E-state index contributed by atoms with van der Waals surface area (Å²) in [5.74, 6) is -19.1. The van der Waals surface area contributed by atoms with E-state index in [9.17, 15) is 36.3 Å². The van der Waals surface area contributed by atoms with E-state index in [4.69, 9.17) is 10.2 Å². The summed E-state index contributed by atoms with van der Waals surface area (Å²) in [6, 6.07) is 0. The Balaban J connectivity index is 3.71. The molecule has 1 atom stereocenters. The lowest BCUT2D eigenvalue weighted by Crippen LogP contribution is -2.46. The molecule has 1 aliphatic rings. The number of ether oxygens (including phenoxy) is 1. The van der Waals surface area contributed by atoms with Crippen molar-refractivity contribution in [1.82, 2.24) is 0 Å². The number of ketones is 1. The number of carboxylic acid groups (broad SMARTS) is 2. The monoisotopic (exact) mass is 386 g/mol. The Hall–Kier alpha value is -2.46. The molecule has 0 spiro atoms. The molecule has 1 unspecified atom stereocenters. The summed E-state index contributed by atoms with van der Waals surface area (Å²) in [6.07, 6.45) is -0.888. The molecule has 1 aliphatic carbocycles. The van der Waals surface area contributed by atoms with Crippen LogP contribution in [0.3, 0.4) is 0 Å². The number of rotatable bonds is 8. The van der Waals surface area contributed by atoms with E-state index in [1.54, 1.807) is 0 Å². The van der Waals surface area contributed by atoms with Crippen LogP contribution >= 0.6 is 0 Å². The lowest BCUT2D eigenvalue weighted by Gasteiger charge is -2.40. The van der Waals surface area contributed by atoms with Crippen molar-refractivity contribution in [2.45, 2.75) is 33.3 Å². The SMILES string of the molecule is CCC1(CC)C(F)=C(F)C(OC(F)F)=C(F)C1C(=O)C(C(=O)O)C(=O)O.